The van der Waals surface area contributed by atoms with Gasteiger partial charge in [0.1, 0.15) is 11.6 Å². The third-order valence-corrected chi connectivity index (χ3v) is 3.38. The van der Waals surface area contributed by atoms with Gasteiger partial charge in [-0.15, -0.1) is 0 Å². The Bertz CT molecular complexity index is 446. The highest BCUT2D eigenvalue weighted by molar-refractivity contribution is 5.76. The third kappa shape index (κ3) is 2.96. The van der Waals surface area contributed by atoms with Gasteiger partial charge in [0.05, 0.1) is 6.10 Å². The average Bonchev–Trinajstić information content (AvgIpc) is 2.67. The molecule has 1 saturated heterocycles. The Morgan fingerprint density at radius 1 is 1.42 bits per heavy atom. The van der Waals surface area contributed by atoms with Gasteiger partial charge in [-0.2, -0.15) is 5.06 Å². The van der Waals surface area contributed by atoms with Crippen molar-refractivity contribution in [2.24, 2.45) is 0 Å². The van der Waals surface area contributed by atoms with Gasteiger partial charge in [-0.3, -0.25) is 9.63 Å². The summed E-state index contributed by atoms with van der Waals surface area (Å²) in [4.78, 5) is 17.9. The molecule has 0 N–H and O–H groups in total. The Balaban J connectivity index is 2.14. The zero-order valence-electron chi connectivity index (χ0n) is 11.9. The first kappa shape index (κ1) is 14.0. The van der Waals surface area contributed by atoms with Gasteiger partial charge in [-0.05, 0) is 26.3 Å². The summed E-state index contributed by atoms with van der Waals surface area (Å²) in [5.41, 5.74) is 0.595. The predicted octanol–water partition coefficient (Wildman–Crippen LogP) is 2.49. The van der Waals surface area contributed by atoms with Crippen LogP contribution in [0.2, 0.25) is 0 Å². The molecule has 0 unspecified atom stereocenters. The minimum Gasteiger partial charge on any atom is -0.462 e. The molecular formula is C15H21NO3. The fraction of sp³-hybridized carbons (Fsp3) is 0.533. The van der Waals surface area contributed by atoms with Crippen molar-refractivity contribution in [1.82, 2.24) is 5.06 Å². The van der Waals surface area contributed by atoms with E-state index in [-0.39, 0.29) is 18.1 Å². The van der Waals surface area contributed by atoms with E-state index in [1.54, 1.807) is 12.1 Å². The van der Waals surface area contributed by atoms with Crippen LogP contribution in [0.25, 0.3) is 0 Å². The number of likely N-dealkylation sites (N-methyl/N-ethyl adjacent to an activating group) is 1. The first-order valence-electron chi connectivity index (χ1n) is 6.60. The monoisotopic (exact) mass is 263 g/mol. The van der Waals surface area contributed by atoms with Gasteiger partial charge in [0.25, 0.3) is 0 Å². The van der Waals surface area contributed by atoms with Gasteiger partial charge < -0.3 is 4.74 Å². The van der Waals surface area contributed by atoms with E-state index in [2.05, 4.69) is 0 Å². The summed E-state index contributed by atoms with van der Waals surface area (Å²) in [6, 6.07) is 9.60. The van der Waals surface area contributed by atoms with Crippen LogP contribution in [0.15, 0.2) is 30.3 Å². The molecule has 1 aliphatic heterocycles. The van der Waals surface area contributed by atoms with E-state index < -0.39 is 5.60 Å². The number of ether oxygens (including phenoxy) is 1. The number of nitrogens with zero attached hydrogens (tertiary/aromatic N) is 1. The first-order chi connectivity index (χ1) is 8.92. The normalized spacial score (nSPS) is 27.7. The van der Waals surface area contributed by atoms with Crippen LogP contribution in [-0.4, -0.2) is 30.2 Å². The molecule has 1 fully saturated rings. The quantitative estimate of drug-likeness (QED) is 0.785. The molecule has 104 valence electrons. The summed E-state index contributed by atoms with van der Waals surface area (Å²) in [7, 11) is 1.78. The highest BCUT2D eigenvalue weighted by atomic mass is 16.7. The van der Waals surface area contributed by atoms with Crippen LogP contribution in [-0.2, 0) is 20.0 Å². The molecule has 0 saturated carbocycles. The summed E-state index contributed by atoms with van der Waals surface area (Å²) in [5.74, 6) is -0.225. The second kappa shape index (κ2) is 5.31. The Kier molecular flexibility index (Phi) is 3.92. The van der Waals surface area contributed by atoms with Crippen molar-refractivity contribution in [3.8, 4) is 0 Å². The Morgan fingerprint density at radius 3 is 2.63 bits per heavy atom. The van der Waals surface area contributed by atoms with E-state index in [1.807, 2.05) is 51.1 Å². The van der Waals surface area contributed by atoms with Gasteiger partial charge in [0, 0.05) is 13.5 Å². The second-order valence-electron chi connectivity index (χ2n) is 5.44. The van der Waals surface area contributed by atoms with Crippen LogP contribution in [0, 0.1) is 0 Å². The minimum absolute atomic E-state index is 0.107. The molecule has 0 radical (unpaired) electrons. The maximum atomic E-state index is 12.0. The van der Waals surface area contributed by atoms with E-state index in [0.717, 1.165) is 5.56 Å². The van der Waals surface area contributed by atoms with Crippen molar-refractivity contribution in [3.63, 3.8) is 0 Å². The second-order valence-corrected chi connectivity index (χ2v) is 5.44. The molecular weight excluding hydrogens is 242 g/mol. The van der Waals surface area contributed by atoms with Gasteiger partial charge in [-0.1, -0.05) is 30.3 Å². The summed E-state index contributed by atoms with van der Waals surface area (Å²) >= 11 is 0. The van der Waals surface area contributed by atoms with E-state index in [1.165, 1.54) is 0 Å². The number of carbonyl (C=O) groups excluding carboxylic acids is 1. The molecule has 0 amide bonds. The molecule has 4 nitrogen and oxygen atoms in total. The van der Waals surface area contributed by atoms with Crippen LogP contribution in [0.5, 0.6) is 0 Å². The van der Waals surface area contributed by atoms with E-state index in [4.69, 9.17) is 9.57 Å². The van der Waals surface area contributed by atoms with Gasteiger partial charge in [0.15, 0.2) is 0 Å². The van der Waals surface area contributed by atoms with Crippen molar-refractivity contribution in [3.05, 3.63) is 35.9 Å². The Hall–Kier alpha value is -1.39. The number of rotatable bonds is 3. The molecule has 4 heteroatoms. The number of hydrogen-bond donors (Lipinski definition) is 0. The maximum absolute atomic E-state index is 12.0. The predicted molar refractivity (Wildman–Crippen MR) is 72.3 cm³/mol. The molecule has 0 aromatic heterocycles. The lowest BCUT2D eigenvalue weighted by atomic mass is 9.90. The first-order valence-corrected chi connectivity index (χ1v) is 6.60. The van der Waals surface area contributed by atoms with Crippen LogP contribution >= 0.6 is 0 Å². The summed E-state index contributed by atoms with van der Waals surface area (Å²) < 4.78 is 5.27. The smallest absolute Gasteiger partial charge is 0.326 e. The summed E-state index contributed by atoms with van der Waals surface area (Å²) in [6.45, 7) is 5.70. The number of hydroxylamine groups is 2. The minimum atomic E-state index is -0.476. The lowest BCUT2D eigenvalue weighted by Gasteiger charge is -2.23. The molecule has 1 aliphatic rings. The molecule has 0 spiro atoms. The highest BCUT2D eigenvalue weighted by Gasteiger charge is 2.45. The number of benzene rings is 1. The zero-order valence-corrected chi connectivity index (χ0v) is 11.9. The molecule has 0 bridgehead atoms. The lowest BCUT2D eigenvalue weighted by Crippen LogP contribution is -2.34. The Morgan fingerprint density at radius 2 is 2.05 bits per heavy atom. The molecule has 1 heterocycles. The topological polar surface area (TPSA) is 38.8 Å². The summed E-state index contributed by atoms with van der Waals surface area (Å²) in [6.07, 6.45) is 0.489. The van der Waals surface area contributed by atoms with Gasteiger partial charge in [-0.25, -0.2) is 0 Å². The number of hydrogen-bond acceptors (Lipinski definition) is 4. The van der Waals surface area contributed by atoms with Crippen molar-refractivity contribution >= 4 is 5.97 Å². The van der Waals surface area contributed by atoms with E-state index >= 15 is 0 Å². The van der Waals surface area contributed by atoms with E-state index in [0.29, 0.717) is 6.42 Å². The maximum Gasteiger partial charge on any atom is 0.326 e. The SMILES string of the molecule is CC(C)OC(=O)[C@H]1C[C@@](C)(c2ccccc2)ON1C. The number of carbonyl (C=O) groups is 1. The van der Waals surface area contributed by atoms with E-state index in [9.17, 15) is 4.79 Å². The molecule has 2 atom stereocenters. The highest BCUT2D eigenvalue weighted by Crippen LogP contribution is 2.38. The fourth-order valence-electron chi connectivity index (χ4n) is 2.42. The standard InChI is InChI=1S/C15H21NO3/c1-11(2)18-14(17)13-10-15(3,19-16(13)4)12-8-6-5-7-9-12/h5-9,11,13H,10H2,1-4H3/t13-,15+/m1/s1. The van der Waals surface area contributed by atoms with Crippen LogP contribution in [0.3, 0.4) is 0 Å². The zero-order chi connectivity index (χ0) is 14.0. The van der Waals surface area contributed by atoms with Gasteiger partial charge >= 0.3 is 5.97 Å². The van der Waals surface area contributed by atoms with Crippen LogP contribution < -0.4 is 0 Å². The van der Waals surface area contributed by atoms with Gasteiger partial charge in [0.2, 0.25) is 0 Å². The lowest BCUT2D eigenvalue weighted by molar-refractivity contribution is -0.197. The fourth-order valence-corrected chi connectivity index (χ4v) is 2.42. The molecule has 2 rings (SSSR count). The van der Waals surface area contributed by atoms with Crippen molar-refractivity contribution in [2.45, 2.75) is 44.9 Å². The van der Waals surface area contributed by atoms with Crippen molar-refractivity contribution in [2.75, 3.05) is 7.05 Å². The molecule has 1 aromatic rings. The van der Waals surface area contributed by atoms with Crippen LogP contribution in [0.1, 0.15) is 32.8 Å². The average molecular weight is 263 g/mol. The Labute approximate surface area is 114 Å². The number of esters is 1. The van der Waals surface area contributed by atoms with Crippen molar-refractivity contribution < 1.29 is 14.4 Å². The largest absolute Gasteiger partial charge is 0.462 e. The summed E-state index contributed by atoms with van der Waals surface area (Å²) in [5, 5.41) is 1.61. The molecule has 1 aromatic carbocycles. The third-order valence-electron chi connectivity index (χ3n) is 3.38. The molecule has 19 heavy (non-hydrogen) atoms. The van der Waals surface area contributed by atoms with Crippen molar-refractivity contribution in [1.29, 1.82) is 0 Å². The van der Waals surface area contributed by atoms with Crippen LogP contribution in [0.4, 0.5) is 0 Å². The molecule has 0 aliphatic carbocycles.